The van der Waals surface area contributed by atoms with E-state index in [1.165, 1.54) is 19.4 Å². The maximum absolute atomic E-state index is 15.1. The molecule has 3 heterocycles. The number of nitrogens with one attached hydrogen (secondary N) is 2. The Morgan fingerprint density at radius 3 is 2.80 bits per heavy atom. The summed E-state index contributed by atoms with van der Waals surface area (Å²) in [5.74, 6) is -1.01. The van der Waals surface area contributed by atoms with Gasteiger partial charge in [0.1, 0.15) is 34.7 Å². The summed E-state index contributed by atoms with van der Waals surface area (Å²) in [6.07, 6.45) is -0.366. The van der Waals surface area contributed by atoms with Gasteiger partial charge in [0.15, 0.2) is 0 Å². The van der Waals surface area contributed by atoms with Crippen molar-refractivity contribution < 1.29 is 28.2 Å². The number of aromatic nitrogens is 2. The van der Waals surface area contributed by atoms with Crippen molar-refractivity contribution in [2.45, 2.75) is 31.4 Å². The standard InChI is InChI=1S/C27H29ClF2N6O4/c1-35-8-7-19(18(30)13-35)32-24(37)15-9-22(39-3)20(10-17(15)29)33-27-31-11-16(28)25(34-27)40-21-6-4-5-14-12-36(2)26(38)23(14)21/h4-6,9-11,18-19,26,38H,7-8,12-13H2,1-3H3,(H,32,37)(H,31,33,34)/t18-,19+,26?/m0/s1. The number of likely N-dealkylation sites (tertiary alicyclic amines) is 1. The minimum Gasteiger partial charge on any atom is -0.495 e. The van der Waals surface area contributed by atoms with Gasteiger partial charge in [-0.05, 0) is 38.2 Å². The molecule has 3 aromatic rings. The number of amides is 1. The Hall–Kier alpha value is -3.58. The van der Waals surface area contributed by atoms with Crippen molar-refractivity contribution >= 4 is 29.1 Å². The molecular formula is C27H29ClF2N6O4. The van der Waals surface area contributed by atoms with Crippen LogP contribution in [0.4, 0.5) is 20.4 Å². The van der Waals surface area contributed by atoms with Crippen molar-refractivity contribution in [3.8, 4) is 17.4 Å². The number of hydrogen-bond acceptors (Lipinski definition) is 9. The van der Waals surface area contributed by atoms with Gasteiger partial charge < -0.3 is 30.1 Å². The minimum atomic E-state index is -1.26. The molecule has 1 aromatic heterocycles. The Morgan fingerprint density at radius 2 is 2.05 bits per heavy atom. The van der Waals surface area contributed by atoms with Crippen LogP contribution in [0.2, 0.25) is 5.02 Å². The highest BCUT2D eigenvalue weighted by molar-refractivity contribution is 6.31. The second-order valence-electron chi connectivity index (χ2n) is 9.87. The lowest BCUT2D eigenvalue weighted by Gasteiger charge is -2.32. The fourth-order valence-corrected chi connectivity index (χ4v) is 4.98. The first-order valence-corrected chi connectivity index (χ1v) is 13.0. The first kappa shape index (κ1) is 28.0. The molecule has 3 atom stereocenters. The van der Waals surface area contributed by atoms with E-state index in [0.717, 1.165) is 11.6 Å². The number of benzene rings is 2. The Bertz CT molecular complexity index is 1430. The van der Waals surface area contributed by atoms with Gasteiger partial charge in [-0.3, -0.25) is 9.69 Å². The lowest BCUT2D eigenvalue weighted by atomic mass is 10.0. The topological polar surface area (TPSA) is 112 Å². The molecule has 0 aliphatic carbocycles. The van der Waals surface area contributed by atoms with Crippen LogP contribution in [-0.2, 0) is 6.54 Å². The fraction of sp³-hybridized carbons (Fsp3) is 0.370. The molecule has 0 saturated carbocycles. The molecule has 1 saturated heterocycles. The summed E-state index contributed by atoms with van der Waals surface area (Å²) in [7, 11) is 4.96. The van der Waals surface area contributed by atoms with Crippen LogP contribution in [-0.4, -0.2) is 77.3 Å². The summed E-state index contributed by atoms with van der Waals surface area (Å²) in [5.41, 5.74) is 1.39. The normalized spacial score (nSPS) is 21.1. The van der Waals surface area contributed by atoms with E-state index in [4.69, 9.17) is 21.1 Å². The number of methoxy groups -OCH3 is 1. The molecule has 1 fully saturated rings. The van der Waals surface area contributed by atoms with Gasteiger partial charge in [0.05, 0.1) is 30.6 Å². The molecule has 5 rings (SSSR count). The molecule has 2 aromatic carbocycles. The SMILES string of the molecule is COc1cc(C(=O)N[C@@H]2CCN(C)C[C@@H]2F)c(F)cc1Nc1ncc(Cl)c(Oc2cccc3c2C(O)N(C)C3)n1. The third kappa shape index (κ3) is 5.66. The molecule has 13 heteroatoms. The van der Waals surface area contributed by atoms with E-state index < -0.39 is 30.2 Å². The number of carbonyl (C=O) groups excluding carboxylic acids is 1. The number of aliphatic hydroxyl groups excluding tert-OH is 1. The van der Waals surface area contributed by atoms with Crippen LogP contribution in [0.1, 0.15) is 34.1 Å². The van der Waals surface area contributed by atoms with Gasteiger partial charge in [-0.25, -0.2) is 13.8 Å². The average Bonchev–Trinajstić information content (AvgIpc) is 3.21. The minimum absolute atomic E-state index is 0.0173. The summed E-state index contributed by atoms with van der Waals surface area (Å²) in [6.45, 7) is 1.37. The number of hydrogen-bond donors (Lipinski definition) is 3. The number of piperidine rings is 1. The van der Waals surface area contributed by atoms with Crippen molar-refractivity contribution in [3.63, 3.8) is 0 Å². The van der Waals surface area contributed by atoms with Crippen LogP contribution < -0.4 is 20.1 Å². The number of anilines is 2. The van der Waals surface area contributed by atoms with Crippen molar-refractivity contribution in [1.29, 1.82) is 0 Å². The van der Waals surface area contributed by atoms with Crippen LogP contribution in [0.15, 0.2) is 36.5 Å². The van der Waals surface area contributed by atoms with E-state index in [0.29, 0.717) is 30.8 Å². The van der Waals surface area contributed by atoms with Gasteiger partial charge >= 0.3 is 0 Å². The number of rotatable bonds is 7. The Kier molecular flexibility index (Phi) is 8.04. The highest BCUT2D eigenvalue weighted by Crippen LogP contribution is 2.40. The zero-order valence-corrected chi connectivity index (χ0v) is 22.9. The second kappa shape index (κ2) is 11.5. The van der Waals surface area contributed by atoms with E-state index in [9.17, 15) is 14.3 Å². The van der Waals surface area contributed by atoms with Gasteiger partial charge in [-0.1, -0.05) is 23.7 Å². The van der Waals surface area contributed by atoms with Crippen LogP contribution >= 0.6 is 11.6 Å². The van der Waals surface area contributed by atoms with Crippen LogP contribution in [0.25, 0.3) is 0 Å². The number of fused-ring (bicyclic) bond motifs is 1. The molecule has 1 amide bonds. The molecule has 1 unspecified atom stereocenters. The largest absolute Gasteiger partial charge is 0.495 e. The summed E-state index contributed by atoms with van der Waals surface area (Å²) in [6, 6.07) is 7.00. The smallest absolute Gasteiger partial charge is 0.254 e. The summed E-state index contributed by atoms with van der Waals surface area (Å²) in [4.78, 5) is 24.8. The first-order chi connectivity index (χ1) is 19.1. The highest BCUT2D eigenvalue weighted by atomic mass is 35.5. The first-order valence-electron chi connectivity index (χ1n) is 12.6. The van der Waals surface area contributed by atoms with Gasteiger partial charge in [0.2, 0.25) is 11.8 Å². The van der Waals surface area contributed by atoms with Crippen LogP contribution in [0.5, 0.6) is 17.4 Å². The van der Waals surface area contributed by atoms with E-state index in [-0.39, 0.29) is 40.4 Å². The maximum atomic E-state index is 15.1. The maximum Gasteiger partial charge on any atom is 0.254 e. The summed E-state index contributed by atoms with van der Waals surface area (Å²) < 4.78 is 40.8. The van der Waals surface area contributed by atoms with Crippen molar-refractivity contribution in [1.82, 2.24) is 25.1 Å². The number of alkyl halides is 1. The second-order valence-corrected chi connectivity index (χ2v) is 10.3. The number of ether oxygens (including phenoxy) is 2. The Balaban J connectivity index is 1.36. The molecule has 2 aliphatic rings. The van der Waals surface area contributed by atoms with E-state index in [1.807, 2.05) is 11.0 Å². The molecule has 10 nitrogen and oxygen atoms in total. The van der Waals surface area contributed by atoms with Crippen molar-refractivity contribution in [3.05, 3.63) is 64.1 Å². The Morgan fingerprint density at radius 1 is 1.25 bits per heavy atom. The van der Waals surface area contributed by atoms with Crippen molar-refractivity contribution in [2.24, 2.45) is 0 Å². The predicted molar refractivity (Wildman–Crippen MR) is 144 cm³/mol. The number of aliphatic hydroxyl groups is 1. The zero-order valence-electron chi connectivity index (χ0n) is 22.1. The molecular weight excluding hydrogens is 546 g/mol. The molecule has 212 valence electrons. The molecule has 0 spiro atoms. The summed E-state index contributed by atoms with van der Waals surface area (Å²) in [5, 5.41) is 16.1. The summed E-state index contributed by atoms with van der Waals surface area (Å²) >= 11 is 6.29. The Labute approximate surface area is 234 Å². The van der Waals surface area contributed by atoms with Crippen LogP contribution in [0.3, 0.4) is 0 Å². The quantitative estimate of drug-likeness (QED) is 0.385. The highest BCUT2D eigenvalue weighted by Gasteiger charge is 2.31. The van der Waals surface area contributed by atoms with Crippen LogP contribution in [0, 0.1) is 5.82 Å². The van der Waals surface area contributed by atoms with E-state index >= 15 is 4.39 Å². The third-order valence-electron chi connectivity index (χ3n) is 7.01. The van der Waals surface area contributed by atoms with Gasteiger partial charge in [-0.15, -0.1) is 0 Å². The van der Waals surface area contributed by atoms with Gasteiger partial charge in [-0.2, -0.15) is 4.98 Å². The lowest BCUT2D eigenvalue weighted by Crippen LogP contribution is -2.51. The molecule has 0 radical (unpaired) electrons. The van der Waals surface area contributed by atoms with E-state index in [2.05, 4.69) is 20.6 Å². The van der Waals surface area contributed by atoms with Crippen molar-refractivity contribution in [2.75, 3.05) is 39.6 Å². The number of nitrogens with zero attached hydrogens (tertiary/aromatic N) is 4. The zero-order chi connectivity index (χ0) is 28.6. The number of carbonyl (C=O) groups is 1. The van der Waals surface area contributed by atoms with E-state index in [1.54, 1.807) is 31.1 Å². The monoisotopic (exact) mass is 574 g/mol. The molecule has 0 bridgehead atoms. The molecule has 40 heavy (non-hydrogen) atoms. The average molecular weight is 575 g/mol. The van der Waals surface area contributed by atoms with Gasteiger partial charge in [0, 0.05) is 31.3 Å². The molecule has 3 N–H and O–H groups in total. The predicted octanol–water partition coefficient (Wildman–Crippen LogP) is 4.02. The lowest BCUT2D eigenvalue weighted by molar-refractivity contribution is 0.0325. The third-order valence-corrected chi connectivity index (χ3v) is 7.27. The van der Waals surface area contributed by atoms with Gasteiger partial charge in [0.25, 0.3) is 5.91 Å². The number of halogens is 3. The molecule has 2 aliphatic heterocycles. The fourth-order valence-electron chi connectivity index (χ4n) is 4.85.